The largest absolute Gasteiger partial charge is 0.478 e. The Hall–Kier alpha value is -1.60. The van der Waals surface area contributed by atoms with Gasteiger partial charge in [-0.1, -0.05) is 11.6 Å². The van der Waals surface area contributed by atoms with E-state index < -0.39 is 21.7 Å². The molecule has 0 bridgehead atoms. The number of anilines is 1. The fraction of sp³-hybridized carbons (Fsp3) is 0.273. The molecule has 6 nitrogen and oxygen atoms in total. The quantitative estimate of drug-likeness (QED) is 0.856. The minimum atomic E-state index is -3.24. The predicted molar refractivity (Wildman–Crippen MR) is 71.4 cm³/mol. The lowest BCUT2D eigenvalue weighted by atomic mass is 10.1. The van der Waals surface area contributed by atoms with E-state index in [1.165, 1.54) is 18.2 Å². The summed E-state index contributed by atoms with van der Waals surface area (Å²) in [6.07, 6.45) is 0.783. The Morgan fingerprint density at radius 2 is 2.00 bits per heavy atom. The van der Waals surface area contributed by atoms with E-state index in [2.05, 4.69) is 5.32 Å². The molecule has 2 N–H and O–H groups in total. The van der Waals surface area contributed by atoms with E-state index in [0.29, 0.717) is 0 Å². The van der Waals surface area contributed by atoms with Gasteiger partial charge in [0.15, 0.2) is 0 Å². The Bertz CT molecular complexity index is 612. The number of carboxylic acid groups (broad SMARTS) is 1. The molecule has 1 rings (SSSR count). The van der Waals surface area contributed by atoms with E-state index in [9.17, 15) is 18.0 Å². The van der Waals surface area contributed by atoms with Crippen molar-refractivity contribution in [2.45, 2.75) is 6.42 Å². The van der Waals surface area contributed by atoms with Gasteiger partial charge in [0.1, 0.15) is 9.84 Å². The first kappa shape index (κ1) is 15.5. The van der Waals surface area contributed by atoms with Crippen LogP contribution in [0.1, 0.15) is 16.8 Å². The zero-order chi connectivity index (χ0) is 14.6. The molecule has 0 heterocycles. The zero-order valence-corrected chi connectivity index (χ0v) is 11.6. The summed E-state index contributed by atoms with van der Waals surface area (Å²) in [6, 6.07) is 3.99. The first-order valence-electron chi connectivity index (χ1n) is 5.19. The van der Waals surface area contributed by atoms with Crippen molar-refractivity contribution in [2.75, 3.05) is 17.3 Å². The molecule has 0 aliphatic rings. The highest BCUT2D eigenvalue weighted by atomic mass is 35.5. The SMILES string of the molecule is CS(=O)(=O)CCC(=O)Nc1ccc(Cl)cc1C(=O)O. The fourth-order valence-electron chi connectivity index (χ4n) is 1.29. The third kappa shape index (κ3) is 5.27. The summed E-state index contributed by atoms with van der Waals surface area (Å²) >= 11 is 5.66. The third-order valence-corrected chi connectivity index (χ3v) is 3.37. The number of hydrogen-bond donors (Lipinski definition) is 2. The van der Waals surface area contributed by atoms with E-state index in [0.717, 1.165) is 6.26 Å². The molecule has 0 aliphatic carbocycles. The summed E-state index contributed by atoms with van der Waals surface area (Å²) in [5, 5.41) is 11.5. The van der Waals surface area contributed by atoms with Crippen molar-refractivity contribution >= 4 is 39.0 Å². The van der Waals surface area contributed by atoms with Gasteiger partial charge in [0.25, 0.3) is 0 Å². The molecule has 0 saturated heterocycles. The van der Waals surface area contributed by atoms with E-state index >= 15 is 0 Å². The molecule has 1 amide bonds. The van der Waals surface area contributed by atoms with Crippen molar-refractivity contribution in [3.8, 4) is 0 Å². The summed E-state index contributed by atoms with van der Waals surface area (Å²) in [7, 11) is -3.24. The number of rotatable bonds is 5. The average molecular weight is 306 g/mol. The highest BCUT2D eigenvalue weighted by Crippen LogP contribution is 2.20. The summed E-state index contributed by atoms with van der Waals surface area (Å²) in [5.74, 6) is -2.11. The van der Waals surface area contributed by atoms with Crippen molar-refractivity contribution in [1.29, 1.82) is 0 Å². The van der Waals surface area contributed by atoms with Crippen molar-refractivity contribution in [1.82, 2.24) is 0 Å². The number of sulfone groups is 1. The Morgan fingerprint density at radius 1 is 1.37 bits per heavy atom. The van der Waals surface area contributed by atoms with Crippen LogP contribution in [0.3, 0.4) is 0 Å². The minimum Gasteiger partial charge on any atom is -0.478 e. The minimum absolute atomic E-state index is 0.0791. The first-order valence-corrected chi connectivity index (χ1v) is 7.63. The highest BCUT2D eigenvalue weighted by Gasteiger charge is 2.14. The second-order valence-corrected chi connectivity index (χ2v) is 6.62. The number of benzene rings is 1. The molecule has 104 valence electrons. The second kappa shape index (κ2) is 6.03. The number of carbonyl (C=O) groups excluding carboxylic acids is 1. The van der Waals surface area contributed by atoms with Crippen LogP contribution in [0.15, 0.2) is 18.2 Å². The molecule has 0 atom stereocenters. The van der Waals surface area contributed by atoms with Gasteiger partial charge in [-0.15, -0.1) is 0 Å². The molecular weight excluding hydrogens is 294 g/mol. The number of hydrogen-bond acceptors (Lipinski definition) is 4. The van der Waals surface area contributed by atoms with E-state index in [1.54, 1.807) is 0 Å². The molecule has 0 saturated carbocycles. The Morgan fingerprint density at radius 3 is 2.53 bits per heavy atom. The predicted octanol–water partition coefficient (Wildman–Crippen LogP) is 1.41. The number of amides is 1. The van der Waals surface area contributed by atoms with Crippen LogP contribution in [0.4, 0.5) is 5.69 Å². The second-order valence-electron chi connectivity index (χ2n) is 3.92. The zero-order valence-electron chi connectivity index (χ0n) is 10.0. The Balaban J connectivity index is 2.82. The average Bonchev–Trinajstić information content (AvgIpc) is 2.28. The molecule has 1 aromatic rings. The standard InChI is InChI=1S/C11H12ClNO5S/c1-19(17,18)5-4-10(14)13-9-3-2-7(12)6-8(9)11(15)16/h2-3,6H,4-5H2,1H3,(H,13,14)(H,15,16). The van der Waals surface area contributed by atoms with Gasteiger partial charge in [-0.3, -0.25) is 4.79 Å². The Kier molecular flexibility index (Phi) is 4.90. The van der Waals surface area contributed by atoms with Crippen molar-refractivity contribution in [3.63, 3.8) is 0 Å². The summed E-state index contributed by atoms with van der Waals surface area (Å²) in [6.45, 7) is 0. The van der Waals surface area contributed by atoms with Crippen LogP contribution in [-0.4, -0.2) is 37.4 Å². The molecule has 1 aromatic carbocycles. The van der Waals surface area contributed by atoms with Gasteiger partial charge in [0, 0.05) is 17.7 Å². The van der Waals surface area contributed by atoms with E-state index in [1.807, 2.05) is 0 Å². The molecule has 0 aromatic heterocycles. The van der Waals surface area contributed by atoms with Gasteiger partial charge < -0.3 is 10.4 Å². The van der Waals surface area contributed by atoms with E-state index in [4.69, 9.17) is 16.7 Å². The third-order valence-electron chi connectivity index (χ3n) is 2.19. The molecule has 0 unspecified atom stereocenters. The highest BCUT2D eigenvalue weighted by molar-refractivity contribution is 7.90. The maximum absolute atomic E-state index is 11.5. The number of aromatic carboxylic acids is 1. The number of carbonyl (C=O) groups is 2. The fourth-order valence-corrected chi connectivity index (χ4v) is 2.02. The lowest BCUT2D eigenvalue weighted by Gasteiger charge is -2.08. The van der Waals surface area contributed by atoms with E-state index in [-0.39, 0.29) is 28.4 Å². The summed E-state index contributed by atoms with van der Waals surface area (Å²) in [5.41, 5.74) is -0.0735. The monoisotopic (exact) mass is 305 g/mol. The van der Waals surface area contributed by atoms with Crippen LogP contribution in [0.5, 0.6) is 0 Å². The van der Waals surface area contributed by atoms with Crippen LogP contribution < -0.4 is 5.32 Å². The van der Waals surface area contributed by atoms with Gasteiger partial charge in [0.2, 0.25) is 5.91 Å². The van der Waals surface area contributed by atoms with Crippen LogP contribution in [0.2, 0.25) is 5.02 Å². The molecule has 0 spiro atoms. The van der Waals surface area contributed by atoms with Crippen molar-refractivity contribution in [3.05, 3.63) is 28.8 Å². The number of halogens is 1. The topological polar surface area (TPSA) is 101 Å². The van der Waals surface area contributed by atoms with Gasteiger partial charge in [-0.2, -0.15) is 0 Å². The maximum atomic E-state index is 11.5. The van der Waals surface area contributed by atoms with Gasteiger partial charge in [0.05, 0.1) is 17.0 Å². The normalized spacial score (nSPS) is 11.1. The smallest absolute Gasteiger partial charge is 0.337 e. The Labute approximate surface area is 115 Å². The molecule has 8 heteroatoms. The number of nitrogens with one attached hydrogen (secondary N) is 1. The molecule has 19 heavy (non-hydrogen) atoms. The van der Waals surface area contributed by atoms with Crippen LogP contribution in [0.25, 0.3) is 0 Å². The lowest BCUT2D eigenvalue weighted by molar-refractivity contribution is -0.115. The first-order chi connectivity index (χ1) is 8.69. The van der Waals surface area contributed by atoms with Crippen molar-refractivity contribution in [2.24, 2.45) is 0 Å². The van der Waals surface area contributed by atoms with Crippen LogP contribution in [0, 0.1) is 0 Å². The van der Waals surface area contributed by atoms with Crippen molar-refractivity contribution < 1.29 is 23.1 Å². The van der Waals surface area contributed by atoms with Gasteiger partial charge in [-0.05, 0) is 18.2 Å². The summed E-state index contributed by atoms with van der Waals surface area (Å²) in [4.78, 5) is 22.5. The van der Waals surface area contributed by atoms with Gasteiger partial charge >= 0.3 is 5.97 Å². The lowest BCUT2D eigenvalue weighted by Crippen LogP contribution is -2.18. The molecule has 0 fully saturated rings. The molecule has 0 radical (unpaired) electrons. The van der Waals surface area contributed by atoms with Gasteiger partial charge in [-0.25, -0.2) is 13.2 Å². The molecular formula is C11H12ClNO5S. The maximum Gasteiger partial charge on any atom is 0.337 e. The summed E-state index contributed by atoms with van der Waals surface area (Å²) < 4.78 is 21.8. The number of carboxylic acids is 1. The van der Waals surface area contributed by atoms with Crippen LogP contribution >= 0.6 is 11.6 Å². The molecule has 0 aliphatic heterocycles. The van der Waals surface area contributed by atoms with Crippen LogP contribution in [-0.2, 0) is 14.6 Å².